The maximum atomic E-state index is 13.9. The van der Waals surface area contributed by atoms with Gasteiger partial charge in [-0.15, -0.1) is 0 Å². The van der Waals surface area contributed by atoms with Crippen molar-refractivity contribution in [2.24, 2.45) is 5.92 Å². The third-order valence-electron chi connectivity index (χ3n) is 5.08. The summed E-state index contributed by atoms with van der Waals surface area (Å²) >= 11 is 3.14. The Balaban J connectivity index is 2.10. The highest BCUT2D eigenvalue weighted by Crippen LogP contribution is 2.38. The van der Waals surface area contributed by atoms with Crippen LogP contribution in [0.15, 0.2) is 22.7 Å². The van der Waals surface area contributed by atoms with Crippen LogP contribution < -0.4 is 5.32 Å². The fourth-order valence-electron chi connectivity index (χ4n) is 3.68. The van der Waals surface area contributed by atoms with Gasteiger partial charge in [-0.1, -0.05) is 29.8 Å². The average molecular weight is 544 g/mol. The summed E-state index contributed by atoms with van der Waals surface area (Å²) in [5.41, 5.74) is -2.45. The lowest BCUT2D eigenvalue weighted by Gasteiger charge is -2.23. The molecular formula is C21H24BBrFNO9. The number of rotatable bonds is 12. The summed E-state index contributed by atoms with van der Waals surface area (Å²) in [6.45, 7) is 3.25. The third-order valence-corrected chi connectivity index (χ3v) is 5.57. The van der Waals surface area contributed by atoms with Crippen molar-refractivity contribution in [1.29, 1.82) is 0 Å². The summed E-state index contributed by atoms with van der Waals surface area (Å²) < 4.78 is 25.1. The highest BCUT2D eigenvalue weighted by atomic mass is 79.9. The first kappa shape index (κ1) is 27.4. The fourth-order valence-corrected chi connectivity index (χ4v) is 4.05. The SMILES string of the molecule is CC(C)C[C@H](CC(=O)CNC(=O)c1cc(Br)ccc1F)B1OC(=O)C(CC(=O)O)(CC(=O)O)O1. The molecule has 10 nitrogen and oxygen atoms in total. The first-order chi connectivity index (χ1) is 15.8. The zero-order valence-corrected chi connectivity index (χ0v) is 20.1. The van der Waals surface area contributed by atoms with Gasteiger partial charge in [-0.05, 0) is 30.5 Å². The van der Waals surface area contributed by atoms with Crippen molar-refractivity contribution in [1.82, 2.24) is 5.32 Å². The molecule has 1 heterocycles. The second kappa shape index (κ2) is 11.6. The molecule has 0 aromatic heterocycles. The molecule has 0 unspecified atom stereocenters. The molecule has 0 radical (unpaired) electrons. The number of Topliss-reactive ketones (excluding diaryl/α,β-unsaturated/α-hetero) is 1. The molecule has 0 saturated carbocycles. The van der Waals surface area contributed by atoms with E-state index in [1.807, 2.05) is 13.8 Å². The summed E-state index contributed by atoms with van der Waals surface area (Å²) in [6.07, 6.45) is -1.71. The van der Waals surface area contributed by atoms with Gasteiger partial charge in [-0.2, -0.15) is 0 Å². The number of carbonyl (C=O) groups excluding carboxylic acids is 3. The van der Waals surface area contributed by atoms with Gasteiger partial charge in [0.05, 0.1) is 24.9 Å². The molecule has 2 rings (SSSR count). The minimum absolute atomic E-state index is 0.0133. The number of carbonyl (C=O) groups is 5. The van der Waals surface area contributed by atoms with Crippen LogP contribution in [0.2, 0.25) is 5.82 Å². The maximum absolute atomic E-state index is 13.9. The number of halogens is 2. The molecule has 1 aliphatic heterocycles. The maximum Gasteiger partial charge on any atom is 0.531 e. The number of aliphatic carboxylic acids is 2. The monoisotopic (exact) mass is 543 g/mol. The molecule has 34 heavy (non-hydrogen) atoms. The number of hydrogen-bond donors (Lipinski definition) is 3. The standard InChI is InChI=1S/C21H24BBrFNO9/c1-11(2)5-12(22-33-20(32)21(34-22,8-17(27)28)9-18(29)30)6-14(26)10-25-19(31)15-7-13(23)3-4-16(15)24/h3-4,7,11-12H,5-6,8-10H2,1-2H3,(H,25,31)(H,27,28)(H,29,30)/t12-/m1/s1. The number of benzene rings is 1. The summed E-state index contributed by atoms with van der Waals surface area (Å²) in [6, 6.07) is 3.80. The van der Waals surface area contributed by atoms with Crippen molar-refractivity contribution < 1.29 is 47.9 Å². The minimum atomic E-state index is -2.20. The van der Waals surface area contributed by atoms with Crippen molar-refractivity contribution >= 4 is 52.6 Å². The zero-order chi connectivity index (χ0) is 25.6. The van der Waals surface area contributed by atoms with Gasteiger partial charge in [-0.3, -0.25) is 24.0 Å². The van der Waals surface area contributed by atoms with Gasteiger partial charge < -0.3 is 24.8 Å². The van der Waals surface area contributed by atoms with Crippen molar-refractivity contribution in [3.8, 4) is 0 Å². The van der Waals surface area contributed by atoms with Crippen LogP contribution in [0, 0.1) is 11.7 Å². The molecule has 1 aliphatic rings. The van der Waals surface area contributed by atoms with Gasteiger partial charge in [0.25, 0.3) is 5.91 Å². The van der Waals surface area contributed by atoms with Gasteiger partial charge in [0.15, 0.2) is 11.4 Å². The number of carboxylic acid groups (broad SMARTS) is 2. The summed E-state index contributed by atoms with van der Waals surface area (Å²) in [7, 11) is -1.34. The highest BCUT2D eigenvalue weighted by molar-refractivity contribution is 9.10. The molecule has 1 aromatic carbocycles. The topological polar surface area (TPSA) is 156 Å². The van der Waals surface area contributed by atoms with Crippen LogP contribution in [0.4, 0.5) is 4.39 Å². The second-order valence-corrected chi connectivity index (χ2v) is 9.38. The lowest BCUT2D eigenvalue weighted by molar-refractivity contribution is -0.157. The Morgan fingerprint density at radius 2 is 1.79 bits per heavy atom. The predicted octanol–water partition coefficient (Wildman–Crippen LogP) is 2.44. The van der Waals surface area contributed by atoms with Gasteiger partial charge >= 0.3 is 25.0 Å². The summed E-state index contributed by atoms with van der Waals surface area (Å²) in [4.78, 5) is 59.7. The van der Waals surface area contributed by atoms with Crippen LogP contribution >= 0.6 is 15.9 Å². The van der Waals surface area contributed by atoms with Gasteiger partial charge in [0, 0.05) is 16.7 Å². The van der Waals surface area contributed by atoms with Crippen LogP contribution in [0.5, 0.6) is 0 Å². The molecular weight excluding hydrogens is 520 g/mol. The van der Waals surface area contributed by atoms with E-state index in [0.29, 0.717) is 10.9 Å². The van der Waals surface area contributed by atoms with Crippen LogP contribution in [0.1, 0.15) is 49.9 Å². The number of ketones is 1. The first-order valence-corrected chi connectivity index (χ1v) is 11.2. The zero-order valence-electron chi connectivity index (χ0n) is 18.5. The summed E-state index contributed by atoms with van der Waals surface area (Å²) in [5, 5.41) is 20.6. The minimum Gasteiger partial charge on any atom is -0.507 e. The van der Waals surface area contributed by atoms with Crippen molar-refractivity contribution in [3.63, 3.8) is 0 Å². The van der Waals surface area contributed by atoms with E-state index in [9.17, 15) is 28.4 Å². The lowest BCUT2D eigenvalue weighted by Crippen LogP contribution is -2.42. The normalized spacial score (nSPS) is 15.7. The van der Waals surface area contributed by atoms with E-state index >= 15 is 0 Å². The Kier molecular flexibility index (Phi) is 9.33. The quantitative estimate of drug-likeness (QED) is 0.337. The van der Waals surface area contributed by atoms with Crippen LogP contribution in [0.3, 0.4) is 0 Å². The fraction of sp³-hybridized carbons (Fsp3) is 0.476. The molecule has 0 spiro atoms. The van der Waals surface area contributed by atoms with E-state index in [2.05, 4.69) is 21.2 Å². The summed E-state index contributed by atoms with van der Waals surface area (Å²) in [5.74, 6) is -6.75. The van der Waals surface area contributed by atoms with E-state index < -0.39 is 73.3 Å². The number of amides is 1. The molecule has 0 bridgehead atoms. The first-order valence-electron chi connectivity index (χ1n) is 10.4. The van der Waals surface area contributed by atoms with E-state index in [-0.39, 0.29) is 17.9 Å². The van der Waals surface area contributed by atoms with Crippen molar-refractivity contribution in [2.75, 3.05) is 6.54 Å². The van der Waals surface area contributed by atoms with E-state index in [4.69, 9.17) is 19.5 Å². The molecule has 13 heteroatoms. The molecule has 184 valence electrons. The van der Waals surface area contributed by atoms with E-state index in [1.165, 1.54) is 12.1 Å². The number of nitrogens with one attached hydrogen (secondary N) is 1. The highest BCUT2D eigenvalue weighted by Gasteiger charge is 2.57. The Morgan fingerprint density at radius 3 is 2.35 bits per heavy atom. The van der Waals surface area contributed by atoms with Crippen molar-refractivity contribution in [2.45, 2.75) is 50.9 Å². The molecule has 1 aromatic rings. The molecule has 0 aliphatic carbocycles. The molecule has 3 N–H and O–H groups in total. The Labute approximate surface area is 203 Å². The largest absolute Gasteiger partial charge is 0.531 e. The van der Waals surface area contributed by atoms with Crippen LogP contribution in [-0.2, 0) is 28.5 Å². The average Bonchev–Trinajstić information content (AvgIpc) is 3.01. The Morgan fingerprint density at radius 1 is 1.18 bits per heavy atom. The molecule has 1 fully saturated rings. The van der Waals surface area contributed by atoms with E-state index in [0.717, 1.165) is 6.07 Å². The van der Waals surface area contributed by atoms with Gasteiger partial charge in [-0.25, -0.2) is 4.39 Å². The van der Waals surface area contributed by atoms with Crippen LogP contribution in [-0.4, -0.2) is 59.1 Å². The van der Waals surface area contributed by atoms with Crippen LogP contribution in [0.25, 0.3) is 0 Å². The van der Waals surface area contributed by atoms with Gasteiger partial charge in [0.2, 0.25) is 0 Å². The predicted molar refractivity (Wildman–Crippen MR) is 119 cm³/mol. The van der Waals surface area contributed by atoms with Crippen molar-refractivity contribution in [3.05, 3.63) is 34.1 Å². The molecule has 1 amide bonds. The molecule has 1 saturated heterocycles. The number of hydrogen-bond acceptors (Lipinski definition) is 7. The van der Waals surface area contributed by atoms with Gasteiger partial charge in [0.1, 0.15) is 5.82 Å². The number of carboxylic acids is 2. The molecule has 1 atom stereocenters. The van der Waals surface area contributed by atoms with E-state index in [1.54, 1.807) is 0 Å². The second-order valence-electron chi connectivity index (χ2n) is 8.47. The Hall–Kier alpha value is -2.80. The smallest absolute Gasteiger partial charge is 0.507 e. The lowest BCUT2D eigenvalue weighted by atomic mass is 9.65. The Bertz CT molecular complexity index is 971. The third kappa shape index (κ3) is 7.35.